The van der Waals surface area contributed by atoms with Crippen LogP contribution in [0.1, 0.15) is 11.1 Å². The summed E-state index contributed by atoms with van der Waals surface area (Å²) in [6.07, 6.45) is 1.37. The van der Waals surface area contributed by atoms with E-state index >= 15 is 0 Å². The molecule has 0 fully saturated rings. The number of hydrogen-bond donors (Lipinski definition) is 2. The second-order valence-corrected chi connectivity index (χ2v) is 6.09. The Labute approximate surface area is 158 Å². The first-order valence-corrected chi connectivity index (χ1v) is 8.39. The molecule has 1 amide bonds. The van der Waals surface area contributed by atoms with E-state index in [-0.39, 0.29) is 6.61 Å². The first-order chi connectivity index (χ1) is 12.5. The van der Waals surface area contributed by atoms with Gasteiger partial charge < -0.3 is 14.6 Å². The molecule has 7 nitrogen and oxygen atoms in total. The molecular weight excluding hydrogens is 404 g/mol. The summed E-state index contributed by atoms with van der Waals surface area (Å²) in [5.74, 6) is -0.600. The number of aryl methyl sites for hydroxylation is 1. The maximum atomic E-state index is 11.8. The van der Waals surface area contributed by atoms with Crippen LogP contribution in [0.5, 0.6) is 11.5 Å². The van der Waals surface area contributed by atoms with Gasteiger partial charge in [0, 0.05) is 5.56 Å². The van der Waals surface area contributed by atoms with E-state index in [0.717, 1.165) is 10.0 Å². The lowest BCUT2D eigenvalue weighted by molar-refractivity contribution is -0.139. The molecule has 2 rings (SSSR count). The minimum Gasteiger partial charge on any atom is -0.483 e. The van der Waals surface area contributed by atoms with Gasteiger partial charge in [0.2, 0.25) is 0 Å². The van der Waals surface area contributed by atoms with E-state index in [1.807, 2.05) is 19.1 Å². The monoisotopic (exact) mass is 420 g/mol. The normalized spacial score (nSPS) is 10.5. The maximum Gasteiger partial charge on any atom is 0.341 e. The second-order valence-electron chi connectivity index (χ2n) is 5.24. The molecule has 0 heterocycles. The molecular formula is C18H17BrN2O5. The molecule has 0 spiro atoms. The van der Waals surface area contributed by atoms with Gasteiger partial charge in [-0.15, -0.1) is 0 Å². The number of para-hydroxylation sites is 1. The van der Waals surface area contributed by atoms with Gasteiger partial charge in [-0.25, -0.2) is 10.2 Å². The van der Waals surface area contributed by atoms with Crippen molar-refractivity contribution in [3.63, 3.8) is 0 Å². The van der Waals surface area contributed by atoms with Gasteiger partial charge in [0.05, 0.1) is 10.7 Å². The number of amides is 1. The molecule has 0 aliphatic rings. The summed E-state index contributed by atoms with van der Waals surface area (Å²) in [5.41, 5.74) is 3.95. The highest BCUT2D eigenvalue weighted by Crippen LogP contribution is 2.25. The van der Waals surface area contributed by atoms with E-state index in [4.69, 9.17) is 14.6 Å². The predicted molar refractivity (Wildman–Crippen MR) is 99.7 cm³/mol. The topological polar surface area (TPSA) is 97.2 Å². The van der Waals surface area contributed by atoms with Crippen molar-refractivity contribution in [3.05, 3.63) is 58.1 Å². The standard InChI is InChI=1S/C18H17BrN2O5/c1-12-6-7-16(14(19)8-12)25-10-17(22)21-20-9-13-4-2-3-5-15(13)26-11-18(23)24/h2-9H,10-11H2,1H3,(H,21,22)(H,23,24)/b20-9+. The van der Waals surface area contributed by atoms with Crippen molar-refractivity contribution in [1.82, 2.24) is 5.43 Å². The summed E-state index contributed by atoms with van der Waals surface area (Å²) in [6.45, 7) is 1.29. The van der Waals surface area contributed by atoms with Gasteiger partial charge in [-0.1, -0.05) is 18.2 Å². The maximum absolute atomic E-state index is 11.8. The van der Waals surface area contributed by atoms with Gasteiger partial charge in [-0.2, -0.15) is 5.10 Å². The average molecular weight is 421 g/mol. The minimum absolute atomic E-state index is 0.198. The molecule has 136 valence electrons. The third kappa shape index (κ3) is 6.21. The third-order valence-electron chi connectivity index (χ3n) is 3.11. The SMILES string of the molecule is Cc1ccc(OCC(=O)N/N=C/c2ccccc2OCC(=O)O)c(Br)c1. The number of aliphatic carboxylic acids is 1. The Morgan fingerprint density at radius 3 is 2.62 bits per heavy atom. The summed E-state index contributed by atoms with van der Waals surface area (Å²) in [6, 6.07) is 12.3. The molecule has 0 aliphatic heterocycles. The van der Waals surface area contributed by atoms with Crippen LogP contribution in [-0.2, 0) is 9.59 Å². The highest BCUT2D eigenvalue weighted by Gasteiger charge is 2.06. The van der Waals surface area contributed by atoms with Crippen molar-refractivity contribution in [1.29, 1.82) is 0 Å². The first kappa shape index (κ1) is 19.5. The number of carbonyl (C=O) groups excluding carboxylic acids is 1. The summed E-state index contributed by atoms with van der Waals surface area (Å²) in [5, 5.41) is 12.5. The number of benzene rings is 2. The number of hydrazone groups is 1. The van der Waals surface area contributed by atoms with Crippen LogP contribution < -0.4 is 14.9 Å². The van der Waals surface area contributed by atoms with Crippen LogP contribution >= 0.6 is 15.9 Å². The first-order valence-electron chi connectivity index (χ1n) is 7.60. The van der Waals surface area contributed by atoms with Crippen LogP contribution in [0.25, 0.3) is 0 Å². The fourth-order valence-corrected chi connectivity index (χ4v) is 2.54. The van der Waals surface area contributed by atoms with Crippen LogP contribution in [0.2, 0.25) is 0 Å². The summed E-state index contributed by atoms with van der Waals surface area (Å²) in [7, 11) is 0. The predicted octanol–water partition coefficient (Wildman–Crippen LogP) is 2.75. The summed E-state index contributed by atoms with van der Waals surface area (Å²) < 4.78 is 11.3. The molecule has 2 aromatic rings. The Hall–Kier alpha value is -2.87. The molecule has 26 heavy (non-hydrogen) atoms. The van der Waals surface area contributed by atoms with Crippen molar-refractivity contribution in [2.45, 2.75) is 6.92 Å². The highest BCUT2D eigenvalue weighted by atomic mass is 79.9. The van der Waals surface area contributed by atoms with Gasteiger partial charge in [-0.3, -0.25) is 4.79 Å². The second kappa shape index (κ2) is 9.57. The van der Waals surface area contributed by atoms with Crippen LogP contribution in [0.15, 0.2) is 52.0 Å². The van der Waals surface area contributed by atoms with Crippen molar-refractivity contribution >= 4 is 34.0 Å². The molecule has 2 aromatic carbocycles. The lowest BCUT2D eigenvalue weighted by Gasteiger charge is -2.08. The molecule has 0 aromatic heterocycles. The number of nitrogens with one attached hydrogen (secondary N) is 1. The largest absolute Gasteiger partial charge is 0.483 e. The molecule has 0 unspecified atom stereocenters. The molecule has 0 aliphatic carbocycles. The molecule has 0 bridgehead atoms. The van der Waals surface area contributed by atoms with E-state index in [1.54, 1.807) is 30.3 Å². The third-order valence-corrected chi connectivity index (χ3v) is 3.73. The summed E-state index contributed by atoms with van der Waals surface area (Å²) in [4.78, 5) is 22.4. The lowest BCUT2D eigenvalue weighted by atomic mass is 10.2. The van der Waals surface area contributed by atoms with E-state index < -0.39 is 18.5 Å². The van der Waals surface area contributed by atoms with Crippen LogP contribution in [0, 0.1) is 6.92 Å². The quantitative estimate of drug-likeness (QED) is 0.505. The Morgan fingerprint density at radius 2 is 1.88 bits per heavy atom. The van der Waals surface area contributed by atoms with Gasteiger partial charge in [0.1, 0.15) is 11.5 Å². The van der Waals surface area contributed by atoms with E-state index in [9.17, 15) is 9.59 Å². The highest BCUT2D eigenvalue weighted by molar-refractivity contribution is 9.10. The summed E-state index contributed by atoms with van der Waals surface area (Å²) >= 11 is 3.37. The number of carbonyl (C=O) groups is 2. The zero-order valence-electron chi connectivity index (χ0n) is 13.9. The molecule has 0 saturated carbocycles. The number of ether oxygens (including phenoxy) is 2. The van der Waals surface area contributed by atoms with Gasteiger partial charge >= 0.3 is 5.97 Å². The fourth-order valence-electron chi connectivity index (χ4n) is 1.93. The van der Waals surface area contributed by atoms with Crippen LogP contribution in [0.4, 0.5) is 0 Å². The van der Waals surface area contributed by atoms with Gasteiger partial charge in [-0.05, 0) is 52.7 Å². The molecule has 0 atom stereocenters. The Balaban J connectivity index is 1.88. The van der Waals surface area contributed by atoms with Crippen LogP contribution in [0.3, 0.4) is 0 Å². The number of carboxylic acid groups (broad SMARTS) is 1. The van der Waals surface area contributed by atoms with Crippen molar-refractivity contribution < 1.29 is 24.2 Å². The fraction of sp³-hybridized carbons (Fsp3) is 0.167. The van der Waals surface area contributed by atoms with Crippen LogP contribution in [-0.4, -0.2) is 36.4 Å². The van der Waals surface area contributed by atoms with E-state index in [2.05, 4.69) is 26.5 Å². The smallest absolute Gasteiger partial charge is 0.341 e. The number of hydrogen-bond acceptors (Lipinski definition) is 5. The number of halogens is 1. The van der Waals surface area contributed by atoms with E-state index in [1.165, 1.54) is 6.21 Å². The number of rotatable bonds is 8. The van der Waals surface area contributed by atoms with E-state index in [0.29, 0.717) is 17.1 Å². The average Bonchev–Trinajstić information content (AvgIpc) is 2.60. The zero-order valence-corrected chi connectivity index (χ0v) is 15.5. The molecule has 8 heteroatoms. The Morgan fingerprint density at radius 1 is 1.15 bits per heavy atom. The Bertz CT molecular complexity index is 823. The van der Waals surface area contributed by atoms with Gasteiger partial charge in [0.15, 0.2) is 13.2 Å². The lowest BCUT2D eigenvalue weighted by Crippen LogP contribution is -2.24. The minimum atomic E-state index is -1.08. The van der Waals surface area contributed by atoms with Crippen molar-refractivity contribution in [3.8, 4) is 11.5 Å². The molecule has 0 radical (unpaired) electrons. The van der Waals surface area contributed by atoms with Crippen molar-refractivity contribution in [2.75, 3.05) is 13.2 Å². The zero-order chi connectivity index (χ0) is 18.9. The van der Waals surface area contributed by atoms with Gasteiger partial charge in [0.25, 0.3) is 5.91 Å². The molecule has 0 saturated heterocycles. The Kier molecular flexibility index (Phi) is 7.16. The number of carboxylic acids is 1. The van der Waals surface area contributed by atoms with Crippen molar-refractivity contribution in [2.24, 2.45) is 5.10 Å². The molecule has 2 N–H and O–H groups in total. The number of nitrogens with zero attached hydrogens (tertiary/aromatic N) is 1.